The van der Waals surface area contributed by atoms with Gasteiger partial charge in [0, 0.05) is 12.1 Å². The third-order valence-electron chi connectivity index (χ3n) is 6.35. The standard InChI is InChI=1S/C30H27N3O7S/c1-5-38-29(35)26-18(4)31-30-32(27(26)19-10-12-20(13-11-19)39-17(2)3)28(34)25(41-30)16-21-14-15-24(40-21)22-8-6-7-9-23(22)33(36)37/h6-17,27H,5H2,1-4H3/b25-16-/t27-/m0/s1. The van der Waals surface area contributed by atoms with Gasteiger partial charge in [0.25, 0.3) is 11.2 Å². The number of nitro groups is 1. The van der Waals surface area contributed by atoms with Crippen LogP contribution in [-0.4, -0.2) is 28.2 Å². The van der Waals surface area contributed by atoms with Gasteiger partial charge < -0.3 is 13.9 Å². The maximum absolute atomic E-state index is 13.8. The number of benzene rings is 2. The maximum Gasteiger partial charge on any atom is 0.338 e. The van der Waals surface area contributed by atoms with Crippen molar-refractivity contribution < 1.29 is 23.6 Å². The van der Waals surface area contributed by atoms with Gasteiger partial charge in [-0.25, -0.2) is 9.79 Å². The third-order valence-corrected chi connectivity index (χ3v) is 7.33. The molecule has 0 radical (unpaired) electrons. The minimum Gasteiger partial charge on any atom is -0.491 e. The Morgan fingerprint density at radius 3 is 2.59 bits per heavy atom. The van der Waals surface area contributed by atoms with Crippen LogP contribution in [0.25, 0.3) is 17.4 Å². The SMILES string of the molecule is CCOC(=O)C1=C(C)N=c2s/c(=C\c3ccc(-c4ccccc4[N+](=O)[O-])o3)c(=O)n2[C@H]1c1ccc(OC(C)C)cc1. The first-order valence-electron chi connectivity index (χ1n) is 13.0. The minimum atomic E-state index is -0.764. The molecule has 4 aromatic rings. The highest BCUT2D eigenvalue weighted by atomic mass is 32.1. The molecule has 0 aliphatic carbocycles. The Morgan fingerprint density at radius 2 is 1.90 bits per heavy atom. The van der Waals surface area contributed by atoms with E-state index in [1.165, 1.54) is 10.6 Å². The summed E-state index contributed by atoms with van der Waals surface area (Å²) in [7, 11) is 0. The van der Waals surface area contributed by atoms with Crippen molar-refractivity contribution in [3.63, 3.8) is 0 Å². The second kappa shape index (κ2) is 11.4. The lowest BCUT2D eigenvalue weighted by Gasteiger charge is -2.25. The van der Waals surface area contributed by atoms with Crippen LogP contribution in [0.3, 0.4) is 0 Å². The molecule has 1 atom stereocenters. The molecule has 210 valence electrons. The third kappa shape index (κ3) is 5.48. The summed E-state index contributed by atoms with van der Waals surface area (Å²) in [4.78, 5) is 42.9. The first-order chi connectivity index (χ1) is 19.7. The average Bonchev–Trinajstić information content (AvgIpc) is 3.52. The summed E-state index contributed by atoms with van der Waals surface area (Å²) in [6.45, 7) is 7.48. The fourth-order valence-corrected chi connectivity index (χ4v) is 5.68. The van der Waals surface area contributed by atoms with Crippen LogP contribution in [0.4, 0.5) is 5.69 Å². The molecule has 1 aliphatic rings. The highest BCUT2D eigenvalue weighted by Gasteiger charge is 2.33. The smallest absolute Gasteiger partial charge is 0.338 e. The number of hydrogen-bond donors (Lipinski definition) is 0. The monoisotopic (exact) mass is 573 g/mol. The highest BCUT2D eigenvalue weighted by Crippen LogP contribution is 2.33. The molecule has 10 nitrogen and oxygen atoms in total. The van der Waals surface area contributed by atoms with E-state index < -0.39 is 16.9 Å². The van der Waals surface area contributed by atoms with Crippen molar-refractivity contribution >= 4 is 29.1 Å². The average molecular weight is 574 g/mol. The van der Waals surface area contributed by atoms with Crippen molar-refractivity contribution in [3.05, 3.63) is 113 Å². The van der Waals surface area contributed by atoms with Crippen LogP contribution in [0.2, 0.25) is 0 Å². The molecular weight excluding hydrogens is 546 g/mol. The second-order valence-electron chi connectivity index (χ2n) is 9.51. The molecular formula is C30H27N3O7S. The first-order valence-corrected chi connectivity index (χ1v) is 13.8. The number of esters is 1. The quantitative estimate of drug-likeness (QED) is 0.169. The lowest BCUT2D eigenvalue weighted by Crippen LogP contribution is -2.39. The van der Waals surface area contributed by atoms with Crippen molar-refractivity contribution in [2.24, 2.45) is 4.99 Å². The van der Waals surface area contributed by atoms with Gasteiger partial charge in [-0.2, -0.15) is 0 Å². The van der Waals surface area contributed by atoms with E-state index >= 15 is 0 Å². The predicted octanol–water partition coefficient (Wildman–Crippen LogP) is 4.75. The van der Waals surface area contributed by atoms with Crippen LogP contribution in [0.1, 0.15) is 45.1 Å². The van der Waals surface area contributed by atoms with E-state index in [1.807, 2.05) is 26.0 Å². The molecule has 0 fully saturated rings. The number of hydrogen-bond acceptors (Lipinski definition) is 9. The molecule has 41 heavy (non-hydrogen) atoms. The number of aromatic nitrogens is 1. The molecule has 0 saturated carbocycles. The van der Waals surface area contributed by atoms with Gasteiger partial charge in [0.2, 0.25) is 0 Å². The van der Waals surface area contributed by atoms with Gasteiger partial charge in [0.05, 0.1) is 45.0 Å². The Balaban J connectivity index is 1.61. The Bertz CT molecular complexity index is 1850. The molecule has 2 aromatic heterocycles. The topological polar surface area (TPSA) is 126 Å². The predicted molar refractivity (Wildman–Crippen MR) is 153 cm³/mol. The zero-order valence-electron chi connectivity index (χ0n) is 22.8. The fourth-order valence-electron chi connectivity index (χ4n) is 4.65. The van der Waals surface area contributed by atoms with Gasteiger partial charge >= 0.3 is 5.97 Å². The summed E-state index contributed by atoms with van der Waals surface area (Å²) < 4.78 is 18.8. The number of nitrogens with zero attached hydrogens (tertiary/aromatic N) is 3. The van der Waals surface area contributed by atoms with Crippen LogP contribution < -0.4 is 19.6 Å². The summed E-state index contributed by atoms with van der Waals surface area (Å²) >= 11 is 1.16. The summed E-state index contributed by atoms with van der Waals surface area (Å²) in [5, 5.41) is 11.5. The van der Waals surface area contributed by atoms with E-state index in [1.54, 1.807) is 62.4 Å². The summed E-state index contributed by atoms with van der Waals surface area (Å²) in [6.07, 6.45) is 1.56. The van der Waals surface area contributed by atoms with E-state index in [0.29, 0.717) is 43.4 Å². The van der Waals surface area contributed by atoms with Crippen LogP contribution >= 0.6 is 11.3 Å². The number of rotatable bonds is 8. The minimum absolute atomic E-state index is 0.00843. The number of nitro benzene ring substituents is 1. The molecule has 2 aromatic carbocycles. The van der Waals surface area contributed by atoms with E-state index in [4.69, 9.17) is 13.9 Å². The molecule has 5 rings (SSSR count). The van der Waals surface area contributed by atoms with Crippen LogP contribution in [0, 0.1) is 10.1 Å². The largest absolute Gasteiger partial charge is 0.491 e. The van der Waals surface area contributed by atoms with Gasteiger partial charge in [-0.15, -0.1) is 0 Å². The normalized spacial score (nSPS) is 15.0. The lowest BCUT2D eigenvalue weighted by atomic mass is 9.96. The first kappa shape index (κ1) is 27.8. The van der Waals surface area contributed by atoms with E-state index in [0.717, 1.165) is 11.3 Å². The van der Waals surface area contributed by atoms with Crippen LogP contribution in [-0.2, 0) is 9.53 Å². The molecule has 0 amide bonds. The van der Waals surface area contributed by atoms with Crippen molar-refractivity contribution in [2.45, 2.75) is 39.8 Å². The molecule has 3 heterocycles. The molecule has 0 bridgehead atoms. The number of allylic oxidation sites excluding steroid dienone is 1. The van der Waals surface area contributed by atoms with E-state index in [9.17, 15) is 19.7 Å². The number of carbonyl (C=O) groups excluding carboxylic acids is 1. The maximum atomic E-state index is 13.8. The zero-order chi connectivity index (χ0) is 29.3. The van der Waals surface area contributed by atoms with E-state index in [-0.39, 0.29) is 29.5 Å². The number of furan rings is 1. The Hall–Kier alpha value is -4.77. The zero-order valence-corrected chi connectivity index (χ0v) is 23.6. The van der Waals surface area contributed by atoms with Crippen molar-refractivity contribution in [1.82, 2.24) is 4.57 Å². The van der Waals surface area contributed by atoms with Crippen molar-refractivity contribution in [3.8, 4) is 17.1 Å². The van der Waals surface area contributed by atoms with Crippen LogP contribution in [0.15, 0.2) is 86.1 Å². The molecule has 0 N–H and O–H groups in total. The molecule has 0 unspecified atom stereocenters. The highest BCUT2D eigenvalue weighted by molar-refractivity contribution is 7.07. The summed E-state index contributed by atoms with van der Waals surface area (Å²) in [5.74, 6) is 0.771. The van der Waals surface area contributed by atoms with Gasteiger partial charge in [-0.05, 0) is 63.6 Å². The number of thiazole rings is 1. The second-order valence-corrected chi connectivity index (χ2v) is 10.5. The Morgan fingerprint density at radius 1 is 1.17 bits per heavy atom. The molecule has 0 saturated heterocycles. The van der Waals surface area contributed by atoms with Crippen molar-refractivity contribution in [2.75, 3.05) is 6.61 Å². The summed E-state index contributed by atoms with van der Waals surface area (Å²) in [5.41, 5.74) is 1.32. The van der Waals surface area contributed by atoms with Gasteiger partial charge in [-0.3, -0.25) is 19.5 Å². The van der Waals surface area contributed by atoms with E-state index in [2.05, 4.69) is 4.99 Å². The Labute approximate surface area is 238 Å². The molecule has 1 aliphatic heterocycles. The number of ether oxygens (including phenoxy) is 2. The van der Waals surface area contributed by atoms with Gasteiger partial charge in [0.1, 0.15) is 17.3 Å². The van der Waals surface area contributed by atoms with Gasteiger partial charge in [0.15, 0.2) is 4.80 Å². The molecule has 0 spiro atoms. The fraction of sp³-hybridized carbons (Fsp3) is 0.233. The molecule has 11 heteroatoms. The lowest BCUT2D eigenvalue weighted by molar-refractivity contribution is -0.384. The Kier molecular flexibility index (Phi) is 7.71. The van der Waals surface area contributed by atoms with Gasteiger partial charge in [-0.1, -0.05) is 35.6 Å². The number of para-hydroxylation sites is 1. The van der Waals surface area contributed by atoms with Crippen LogP contribution in [0.5, 0.6) is 5.75 Å². The summed E-state index contributed by atoms with van der Waals surface area (Å²) in [6, 6.07) is 16.0. The van der Waals surface area contributed by atoms with Crippen molar-refractivity contribution in [1.29, 1.82) is 0 Å². The number of carbonyl (C=O) groups is 1. The number of fused-ring (bicyclic) bond motifs is 1.